The van der Waals surface area contributed by atoms with Crippen molar-refractivity contribution in [3.8, 4) is 0 Å². The van der Waals surface area contributed by atoms with E-state index in [0.717, 1.165) is 11.1 Å². The Morgan fingerprint density at radius 2 is 1.56 bits per heavy atom. The molecular formula is C14H13Cl2NO. The van der Waals surface area contributed by atoms with Gasteiger partial charge in [-0.25, -0.2) is 0 Å². The van der Waals surface area contributed by atoms with Crippen LogP contribution in [-0.4, -0.2) is 5.11 Å². The van der Waals surface area contributed by atoms with Crippen molar-refractivity contribution >= 4 is 23.2 Å². The van der Waals surface area contributed by atoms with E-state index in [2.05, 4.69) is 0 Å². The van der Waals surface area contributed by atoms with Crippen LogP contribution in [0.15, 0.2) is 48.5 Å². The minimum absolute atomic E-state index is 0.523. The molecule has 2 aromatic carbocycles. The normalized spacial score (nSPS) is 14.2. The summed E-state index contributed by atoms with van der Waals surface area (Å²) in [5.41, 5.74) is 7.56. The lowest BCUT2D eigenvalue weighted by Crippen LogP contribution is -2.19. The van der Waals surface area contributed by atoms with E-state index in [-0.39, 0.29) is 0 Å². The van der Waals surface area contributed by atoms with Gasteiger partial charge in [-0.1, -0.05) is 47.5 Å². The summed E-state index contributed by atoms with van der Waals surface area (Å²) in [5.74, 6) is 0. The number of halogens is 2. The van der Waals surface area contributed by atoms with Gasteiger partial charge in [0.15, 0.2) is 0 Å². The van der Waals surface area contributed by atoms with Gasteiger partial charge < -0.3 is 10.8 Å². The third-order valence-electron chi connectivity index (χ3n) is 2.79. The van der Waals surface area contributed by atoms with Crippen LogP contribution in [-0.2, 0) is 0 Å². The van der Waals surface area contributed by atoms with Gasteiger partial charge in [-0.2, -0.15) is 0 Å². The monoisotopic (exact) mass is 281 g/mol. The molecule has 94 valence electrons. The van der Waals surface area contributed by atoms with Crippen molar-refractivity contribution < 1.29 is 5.11 Å². The predicted molar refractivity (Wildman–Crippen MR) is 74.8 cm³/mol. The van der Waals surface area contributed by atoms with Crippen molar-refractivity contribution in [2.75, 3.05) is 0 Å². The first-order valence-electron chi connectivity index (χ1n) is 5.52. The fourth-order valence-corrected chi connectivity index (χ4v) is 2.09. The fourth-order valence-electron chi connectivity index (χ4n) is 1.76. The van der Waals surface area contributed by atoms with Gasteiger partial charge >= 0.3 is 0 Å². The lowest BCUT2D eigenvalue weighted by atomic mass is 9.97. The molecule has 0 aliphatic heterocycles. The van der Waals surface area contributed by atoms with E-state index >= 15 is 0 Å². The van der Waals surface area contributed by atoms with E-state index in [1.54, 1.807) is 36.4 Å². The van der Waals surface area contributed by atoms with Gasteiger partial charge in [0.25, 0.3) is 0 Å². The van der Waals surface area contributed by atoms with Crippen molar-refractivity contribution in [1.82, 2.24) is 0 Å². The van der Waals surface area contributed by atoms with Gasteiger partial charge in [-0.3, -0.25) is 0 Å². The topological polar surface area (TPSA) is 46.2 Å². The molecule has 0 bridgehead atoms. The van der Waals surface area contributed by atoms with Gasteiger partial charge in [0.1, 0.15) is 0 Å². The molecule has 0 spiro atoms. The summed E-state index contributed by atoms with van der Waals surface area (Å²) >= 11 is 11.7. The summed E-state index contributed by atoms with van der Waals surface area (Å²) in [7, 11) is 0. The molecule has 2 aromatic rings. The maximum atomic E-state index is 10.2. The molecule has 0 saturated heterocycles. The Hall–Kier alpha value is -1.06. The highest BCUT2D eigenvalue weighted by atomic mass is 35.5. The van der Waals surface area contributed by atoms with Crippen LogP contribution in [0.1, 0.15) is 23.3 Å². The summed E-state index contributed by atoms with van der Waals surface area (Å²) in [6.07, 6.45) is -0.791. The number of nitrogens with two attached hydrogens (primary N) is 1. The lowest BCUT2D eigenvalue weighted by molar-refractivity contribution is 0.147. The zero-order chi connectivity index (χ0) is 13.1. The first-order chi connectivity index (χ1) is 8.58. The molecule has 2 nitrogen and oxygen atoms in total. The summed E-state index contributed by atoms with van der Waals surface area (Å²) in [6.45, 7) is 0. The standard InChI is InChI=1S/C14H13Cl2NO/c15-11-6-4-9(5-7-11)14(18)13(17)10-2-1-3-12(16)8-10/h1-8,13-14,18H,17H2/t13-,14+/m1/s1. The molecule has 0 aromatic heterocycles. The maximum Gasteiger partial charge on any atom is 0.0982 e. The first kappa shape index (κ1) is 13.4. The second-order valence-electron chi connectivity index (χ2n) is 4.08. The molecule has 0 heterocycles. The van der Waals surface area contributed by atoms with Crippen LogP contribution in [0.3, 0.4) is 0 Å². The van der Waals surface area contributed by atoms with E-state index in [9.17, 15) is 5.11 Å². The molecule has 0 aliphatic carbocycles. The summed E-state index contributed by atoms with van der Waals surface area (Å²) in [4.78, 5) is 0. The number of aliphatic hydroxyl groups excluding tert-OH is 1. The molecule has 18 heavy (non-hydrogen) atoms. The van der Waals surface area contributed by atoms with Crippen molar-refractivity contribution in [3.63, 3.8) is 0 Å². The molecule has 0 fully saturated rings. The van der Waals surface area contributed by atoms with Gasteiger partial charge in [-0.15, -0.1) is 0 Å². The first-order valence-corrected chi connectivity index (χ1v) is 6.28. The SMILES string of the molecule is N[C@H](c1cccc(Cl)c1)[C@@H](O)c1ccc(Cl)cc1. The Morgan fingerprint density at radius 3 is 2.17 bits per heavy atom. The largest absolute Gasteiger partial charge is 0.386 e. The van der Waals surface area contributed by atoms with Gasteiger partial charge in [0.05, 0.1) is 12.1 Å². The molecule has 0 saturated carbocycles. The zero-order valence-corrected chi connectivity index (χ0v) is 11.1. The quantitative estimate of drug-likeness (QED) is 0.901. The van der Waals surface area contributed by atoms with Crippen LogP contribution in [0.25, 0.3) is 0 Å². The molecule has 0 amide bonds. The van der Waals surface area contributed by atoms with E-state index in [0.29, 0.717) is 10.0 Å². The zero-order valence-electron chi connectivity index (χ0n) is 9.55. The molecule has 4 heteroatoms. The molecule has 3 N–H and O–H groups in total. The number of aliphatic hydroxyl groups is 1. The highest BCUT2D eigenvalue weighted by Gasteiger charge is 2.18. The number of rotatable bonds is 3. The van der Waals surface area contributed by atoms with Crippen molar-refractivity contribution in [1.29, 1.82) is 0 Å². The van der Waals surface area contributed by atoms with Crippen molar-refractivity contribution in [2.24, 2.45) is 5.73 Å². The molecule has 0 unspecified atom stereocenters. The van der Waals surface area contributed by atoms with Crippen LogP contribution in [0.4, 0.5) is 0 Å². The minimum Gasteiger partial charge on any atom is -0.386 e. The third-order valence-corrected chi connectivity index (χ3v) is 3.27. The Balaban J connectivity index is 2.23. The second kappa shape index (κ2) is 5.72. The van der Waals surface area contributed by atoms with E-state index in [1.807, 2.05) is 12.1 Å². The molecular weight excluding hydrogens is 269 g/mol. The Kier molecular flexibility index (Phi) is 4.25. The Morgan fingerprint density at radius 1 is 0.889 bits per heavy atom. The minimum atomic E-state index is -0.791. The van der Waals surface area contributed by atoms with E-state index < -0.39 is 12.1 Å². The van der Waals surface area contributed by atoms with Gasteiger partial charge in [0, 0.05) is 10.0 Å². The summed E-state index contributed by atoms with van der Waals surface area (Å²) < 4.78 is 0. The van der Waals surface area contributed by atoms with Crippen LogP contribution in [0.5, 0.6) is 0 Å². The summed E-state index contributed by atoms with van der Waals surface area (Å²) in [6, 6.07) is 13.6. The van der Waals surface area contributed by atoms with E-state index in [1.165, 1.54) is 0 Å². The van der Waals surface area contributed by atoms with Crippen molar-refractivity contribution in [2.45, 2.75) is 12.1 Å². The van der Waals surface area contributed by atoms with E-state index in [4.69, 9.17) is 28.9 Å². The number of hydrogen-bond acceptors (Lipinski definition) is 2. The molecule has 0 radical (unpaired) electrons. The predicted octanol–water partition coefficient (Wildman–Crippen LogP) is 3.73. The van der Waals surface area contributed by atoms with Crippen LogP contribution < -0.4 is 5.73 Å². The third kappa shape index (κ3) is 3.03. The maximum absolute atomic E-state index is 10.2. The molecule has 0 aliphatic rings. The fraction of sp³-hybridized carbons (Fsp3) is 0.143. The number of benzene rings is 2. The van der Waals surface area contributed by atoms with Crippen LogP contribution in [0, 0.1) is 0 Å². The Labute approximate surface area is 116 Å². The highest BCUT2D eigenvalue weighted by Crippen LogP contribution is 2.28. The average Bonchev–Trinajstić information content (AvgIpc) is 2.38. The number of hydrogen-bond donors (Lipinski definition) is 2. The van der Waals surface area contributed by atoms with Crippen LogP contribution >= 0.6 is 23.2 Å². The second-order valence-corrected chi connectivity index (χ2v) is 4.95. The van der Waals surface area contributed by atoms with Gasteiger partial charge in [-0.05, 0) is 35.4 Å². The van der Waals surface area contributed by atoms with Gasteiger partial charge in [0.2, 0.25) is 0 Å². The van der Waals surface area contributed by atoms with Crippen LogP contribution in [0.2, 0.25) is 10.0 Å². The smallest absolute Gasteiger partial charge is 0.0982 e. The molecule has 2 atom stereocenters. The lowest BCUT2D eigenvalue weighted by Gasteiger charge is -2.19. The average molecular weight is 282 g/mol. The Bertz CT molecular complexity index is 528. The highest BCUT2D eigenvalue weighted by molar-refractivity contribution is 6.30. The molecule has 2 rings (SSSR count). The summed E-state index contributed by atoms with van der Waals surface area (Å²) in [5, 5.41) is 11.4. The van der Waals surface area contributed by atoms with Crippen molar-refractivity contribution in [3.05, 3.63) is 69.7 Å².